The molecule has 0 saturated carbocycles. The first kappa shape index (κ1) is 16.8. The quantitative estimate of drug-likeness (QED) is 0.547. The van der Waals surface area contributed by atoms with Crippen LogP contribution in [0.25, 0.3) is 0 Å². The van der Waals surface area contributed by atoms with Crippen LogP contribution in [-0.4, -0.2) is 32.1 Å². The van der Waals surface area contributed by atoms with Crippen molar-refractivity contribution in [2.75, 3.05) is 25.2 Å². The summed E-state index contributed by atoms with van der Waals surface area (Å²) in [5.41, 5.74) is 7.40. The van der Waals surface area contributed by atoms with Gasteiger partial charge in [0, 0.05) is 12.6 Å². The van der Waals surface area contributed by atoms with E-state index in [0.717, 1.165) is 0 Å². The largest absolute Gasteiger partial charge is 0.467 e. The van der Waals surface area contributed by atoms with E-state index in [4.69, 9.17) is 10.5 Å². The van der Waals surface area contributed by atoms with Crippen LogP contribution in [0.2, 0.25) is 0 Å². The van der Waals surface area contributed by atoms with E-state index in [1.165, 1.54) is 7.11 Å². The summed E-state index contributed by atoms with van der Waals surface area (Å²) >= 11 is 0. The molecule has 116 valence electrons. The SMILES string of the molecule is CNC(=O)c1ccc(N)c(NC(CC(C)C)C(=O)OC)c1. The lowest BCUT2D eigenvalue weighted by Gasteiger charge is -2.20. The summed E-state index contributed by atoms with van der Waals surface area (Å²) in [5.74, 6) is -0.255. The molecule has 0 radical (unpaired) electrons. The summed E-state index contributed by atoms with van der Waals surface area (Å²) in [6.07, 6.45) is 0.607. The number of carbonyl (C=O) groups excluding carboxylic acids is 2. The minimum atomic E-state index is -0.503. The molecule has 1 aromatic carbocycles. The number of ether oxygens (including phenoxy) is 1. The standard InChI is InChI=1S/C15H23N3O3/c1-9(2)7-13(15(20)21-4)18-12-8-10(14(19)17-3)5-6-11(12)16/h5-6,8-9,13,18H,7,16H2,1-4H3,(H,17,19). The molecule has 21 heavy (non-hydrogen) atoms. The minimum Gasteiger partial charge on any atom is -0.467 e. The zero-order valence-corrected chi connectivity index (χ0v) is 12.9. The van der Waals surface area contributed by atoms with Gasteiger partial charge in [-0.2, -0.15) is 0 Å². The molecule has 0 fully saturated rings. The summed E-state index contributed by atoms with van der Waals surface area (Å²) in [6, 6.07) is 4.40. The second-order valence-electron chi connectivity index (χ2n) is 5.23. The lowest BCUT2D eigenvalue weighted by atomic mass is 10.0. The van der Waals surface area contributed by atoms with Crippen molar-refractivity contribution in [3.8, 4) is 0 Å². The number of methoxy groups -OCH3 is 1. The number of nitrogen functional groups attached to an aromatic ring is 1. The van der Waals surface area contributed by atoms with Gasteiger partial charge in [0.1, 0.15) is 6.04 Å². The Bertz CT molecular complexity index is 515. The molecule has 1 rings (SSSR count). The number of nitrogens with one attached hydrogen (secondary N) is 2. The maximum atomic E-state index is 11.8. The van der Waals surface area contributed by atoms with Gasteiger partial charge in [-0.25, -0.2) is 4.79 Å². The van der Waals surface area contributed by atoms with Gasteiger partial charge < -0.3 is 21.1 Å². The Kier molecular flexibility index (Phi) is 6.02. The molecule has 0 heterocycles. The molecule has 0 aromatic heterocycles. The predicted molar refractivity (Wildman–Crippen MR) is 83.1 cm³/mol. The number of amides is 1. The van der Waals surface area contributed by atoms with Gasteiger partial charge in [0.05, 0.1) is 18.5 Å². The van der Waals surface area contributed by atoms with Gasteiger partial charge in [0.15, 0.2) is 0 Å². The van der Waals surface area contributed by atoms with Crippen molar-refractivity contribution >= 4 is 23.3 Å². The smallest absolute Gasteiger partial charge is 0.328 e. The van der Waals surface area contributed by atoms with Crippen LogP contribution in [0.5, 0.6) is 0 Å². The predicted octanol–water partition coefficient (Wildman–Crippen LogP) is 1.63. The third kappa shape index (κ3) is 4.66. The molecular weight excluding hydrogens is 270 g/mol. The summed E-state index contributed by atoms with van der Waals surface area (Å²) in [5, 5.41) is 5.62. The number of benzene rings is 1. The minimum absolute atomic E-state index is 0.212. The number of carbonyl (C=O) groups is 2. The molecule has 1 unspecified atom stereocenters. The fourth-order valence-corrected chi connectivity index (χ4v) is 1.98. The normalized spacial score (nSPS) is 11.9. The molecule has 0 spiro atoms. The van der Waals surface area contributed by atoms with Gasteiger partial charge >= 0.3 is 5.97 Å². The third-order valence-corrected chi connectivity index (χ3v) is 3.07. The molecule has 0 aliphatic carbocycles. The highest BCUT2D eigenvalue weighted by Gasteiger charge is 2.21. The van der Waals surface area contributed by atoms with Crippen molar-refractivity contribution in [3.05, 3.63) is 23.8 Å². The number of nitrogens with two attached hydrogens (primary N) is 1. The lowest BCUT2D eigenvalue weighted by Crippen LogP contribution is -2.32. The van der Waals surface area contributed by atoms with Crippen LogP contribution in [0, 0.1) is 5.92 Å². The molecule has 1 aromatic rings. The Balaban J connectivity index is 3.01. The van der Waals surface area contributed by atoms with E-state index in [1.807, 2.05) is 13.8 Å². The summed E-state index contributed by atoms with van der Waals surface area (Å²) in [4.78, 5) is 23.5. The maximum absolute atomic E-state index is 11.8. The topological polar surface area (TPSA) is 93.5 Å². The van der Waals surface area contributed by atoms with Gasteiger partial charge in [-0.1, -0.05) is 13.8 Å². The number of rotatable bonds is 6. The van der Waals surface area contributed by atoms with Crippen molar-refractivity contribution < 1.29 is 14.3 Å². The molecule has 0 aliphatic heterocycles. The first-order valence-electron chi connectivity index (χ1n) is 6.85. The van der Waals surface area contributed by atoms with Crippen molar-refractivity contribution in [2.45, 2.75) is 26.3 Å². The molecule has 0 saturated heterocycles. The molecule has 1 amide bonds. The van der Waals surface area contributed by atoms with Crippen molar-refractivity contribution in [2.24, 2.45) is 5.92 Å². The fraction of sp³-hybridized carbons (Fsp3) is 0.467. The molecule has 6 nitrogen and oxygen atoms in total. The number of hydrogen-bond donors (Lipinski definition) is 3. The highest BCUT2D eigenvalue weighted by Crippen LogP contribution is 2.23. The maximum Gasteiger partial charge on any atom is 0.328 e. The zero-order valence-electron chi connectivity index (χ0n) is 12.9. The van der Waals surface area contributed by atoms with Gasteiger partial charge in [0.25, 0.3) is 5.91 Å². The lowest BCUT2D eigenvalue weighted by molar-refractivity contribution is -0.141. The molecular formula is C15H23N3O3. The molecule has 6 heteroatoms. The van der Waals surface area contributed by atoms with Gasteiger partial charge in [-0.15, -0.1) is 0 Å². The Labute approximate surface area is 125 Å². The van der Waals surface area contributed by atoms with Crippen LogP contribution < -0.4 is 16.4 Å². The van der Waals surface area contributed by atoms with Crippen molar-refractivity contribution in [1.82, 2.24) is 5.32 Å². The molecule has 0 aliphatic rings. The first-order valence-corrected chi connectivity index (χ1v) is 6.85. The highest BCUT2D eigenvalue weighted by atomic mass is 16.5. The average molecular weight is 293 g/mol. The van der Waals surface area contributed by atoms with E-state index in [0.29, 0.717) is 29.3 Å². The Hall–Kier alpha value is -2.24. The van der Waals surface area contributed by atoms with Crippen LogP contribution in [0.4, 0.5) is 11.4 Å². The third-order valence-electron chi connectivity index (χ3n) is 3.07. The second-order valence-corrected chi connectivity index (χ2v) is 5.23. The van der Waals surface area contributed by atoms with E-state index in [2.05, 4.69) is 10.6 Å². The van der Waals surface area contributed by atoms with Gasteiger partial charge in [-0.3, -0.25) is 4.79 Å². The van der Waals surface area contributed by atoms with Crippen molar-refractivity contribution in [1.29, 1.82) is 0 Å². The van der Waals surface area contributed by atoms with E-state index in [-0.39, 0.29) is 11.9 Å². The summed E-state index contributed by atoms with van der Waals surface area (Å²) < 4.78 is 4.80. The fourth-order valence-electron chi connectivity index (χ4n) is 1.98. The monoisotopic (exact) mass is 293 g/mol. The highest BCUT2D eigenvalue weighted by molar-refractivity contribution is 5.96. The molecule has 4 N–H and O–H groups in total. The first-order chi connectivity index (χ1) is 9.88. The van der Waals surface area contributed by atoms with Crippen LogP contribution in [0.3, 0.4) is 0 Å². The number of esters is 1. The Morgan fingerprint density at radius 1 is 1.33 bits per heavy atom. The second kappa shape index (κ2) is 7.52. The van der Waals surface area contributed by atoms with E-state index >= 15 is 0 Å². The van der Waals surface area contributed by atoms with Gasteiger partial charge in [-0.05, 0) is 30.5 Å². The molecule has 0 bridgehead atoms. The van der Waals surface area contributed by atoms with Crippen LogP contribution in [0.15, 0.2) is 18.2 Å². The van der Waals surface area contributed by atoms with Crippen molar-refractivity contribution in [3.63, 3.8) is 0 Å². The van der Waals surface area contributed by atoms with E-state index in [1.54, 1.807) is 25.2 Å². The van der Waals surface area contributed by atoms with Crippen LogP contribution in [0.1, 0.15) is 30.6 Å². The zero-order chi connectivity index (χ0) is 16.0. The summed E-state index contributed by atoms with van der Waals surface area (Å²) in [6.45, 7) is 4.03. The van der Waals surface area contributed by atoms with Crippen LogP contribution in [-0.2, 0) is 9.53 Å². The Morgan fingerprint density at radius 2 is 2.00 bits per heavy atom. The van der Waals surface area contributed by atoms with E-state index < -0.39 is 6.04 Å². The molecule has 1 atom stereocenters. The Morgan fingerprint density at radius 3 is 2.52 bits per heavy atom. The van der Waals surface area contributed by atoms with Crippen LogP contribution >= 0.6 is 0 Å². The number of anilines is 2. The van der Waals surface area contributed by atoms with E-state index in [9.17, 15) is 9.59 Å². The van der Waals surface area contributed by atoms with Gasteiger partial charge in [0.2, 0.25) is 0 Å². The average Bonchev–Trinajstić information content (AvgIpc) is 2.46. The number of hydrogen-bond acceptors (Lipinski definition) is 5. The summed E-state index contributed by atoms with van der Waals surface area (Å²) in [7, 11) is 2.91.